The topological polar surface area (TPSA) is 79.3 Å². The summed E-state index contributed by atoms with van der Waals surface area (Å²) in [6.45, 7) is 3.83. The average molecular weight is 410 g/mol. The first kappa shape index (κ1) is 21.4. The Bertz CT molecular complexity index is 966. The molecule has 2 aromatic carbocycles. The number of ether oxygens (including phenoxy) is 2. The van der Waals surface area contributed by atoms with E-state index in [1.807, 2.05) is 13.8 Å². The Kier molecular flexibility index (Phi) is 6.42. The molecule has 158 valence electrons. The Morgan fingerprint density at radius 2 is 1.70 bits per heavy atom. The van der Waals surface area contributed by atoms with E-state index in [1.165, 1.54) is 0 Å². The van der Waals surface area contributed by atoms with Crippen molar-refractivity contribution in [2.75, 3.05) is 32.2 Å². The van der Waals surface area contributed by atoms with Crippen LogP contribution in [-0.2, 0) is 9.59 Å². The van der Waals surface area contributed by atoms with Crippen molar-refractivity contribution in [2.45, 2.75) is 20.0 Å². The summed E-state index contributed by atoms with van der Waals surface area (Å²) in [4.78, 5) is 29.7. The number of anilines is 1. The number of likely N-dealkylation sites (N-methyl/N-ethyl adjacent to an activating group) is 1. The molecule has 3 rings (SSSR count). The highest BCUT2D eigenvalue weighted by molar-refractivity contribution is 6.45. The van der Waals surface area contributed by atoms with Gasteiger partial charge in [-0.15, -0.1) is 0 Å². The second-order valence-corrected chi connectivity index (χ2v) is 7.18. The van der Waals surface area contributed by atoms with Crippen molar-refractivity contribution in [3.05, 3.63) is 59.8 Å². The van der Waals surface area contributed by atoms with Gasteiger partial charge >= 0.3 is 0 Å². The number of carbonyl (C=O) groups excluding carboxylic acids is 2. The minimum atomic E-state index is -0.457. The van der Waals surface area contributed by atoms with E-state index >= 15 is 0 Å². The van der Waals surface area contributed by atoms with Gasteiger partial charge in [0.1, 0.15) is 17.2 Å². The smallest absolute Gasteiger partial charge is 0.282 e. The Balaban J connectivity index is 2.11. The first-order chi connectivity index (χ1) is 14.4. The number of para-hydroxylation sites is 2. The normalized spacial score (nSPS) is 14.0. The van der Waals surface area contributed by atoms with Crippen molar-refractivity contribution in [3.8, 4) is 11.5 Å². The Labute approximate surface area is 176 Å². The van der Waals surface area contributed by atoms with Crippen molar-refractivity contribution in [1.29, 1.82) is 0 Å². The number of hydrogen-bond acceptors (Lipinski definition) is 6. The summed E-state index contributed by atoms with van der Waals surface area (Å²) in [5, 5.41) is 9.39. The van der Waals surface area contributed by atoms with Crippen molar-refractivity contribution in [1.82, 2.24) is 4.90 Å². The van der Waals surface area contributed by atoms with E-state index in [4.69, 9.17) is 9.47 Å². The molecule has 1 N–H and O–H groups in total. The lowest BCUT2D eigenvalue weighted by Crippen LogP contribution is -2.35. The third-order valence-electron chi connectivity index (χ3n) is 4.72. The molecule has 0 unspecified atom stereocenters. The molecule has 0 aliphatic carbocycles. The Hall–Kier alpha value is -3.32. The molecule has 0 saturated heterocycles. The van der Waals surface area contributed by atoms with Crippen LogP contribution in [0.2, 0.25) is 0 Å². The highest BCUT2D eigenvalue weighted by atomic mass is 16.5. The van der Waals surface area contributed by atoms with Gasteiger partial charge < -0.3 is 19.5 Å². The first-order valence-electron chi connectivity index (χ1n) is 9.74. The predicted molar refractivity (Wildman–Crippen MR) is 114 cm³/mol. The number of aliphatic hydroxyl groups is 1. The van der Waals surface area contributed by atoms with Crippen LogP contribution in [0.3, 0.4) is 0 Å². The molecule has 2 aromatic rings. The zero-order valence-corrected chi connectivity index (χ0v) is 17.6. The third-order valence-corrected chi connectivity index (χ3v) is 4.72. The molecule has 2 amide bonds. The van der Waals surface area contributed by atoms with Crippen molar-refractivity contribution in [3.63, 3.8) is 0 Å². The van der Waals surface area contributed by atoms with Crippen LogP contribution in [0.4, 0.5) is 5.69 Å². The zero-order chi connectivity index (χ0) is 21.8. The first-order valence-corrected chi connectivity index (χ1v) is 9.74. The van der Waals surface area contributed by atoms with E-state index < -0.39 is 11.8 Å². The molecular weight excluding hydrogens is 384 g/mol. The molecule has 0 radical (unpaired) electrons. The van der Waals surface area contributed by atoms with Crippen LogP contribution in [-0.4, -0.2) is 55.2 Å². The molecule has 7 nitrogen and oxygen atoms in total. The predicted octanol–water partition coefficient (Wildman–Crippen LogP) is 2.69. The molecule has 30 heavy (non-hydrogen) atoms. The largest absolute Gasteiger partial charge is 0.497 e. The lowest BCUT2D eigenvalue weighted by Gasteiger charge is -2.22. The lowest BCUT2D eigenvalue weighted by molar-refractivity contribution is -0.120. The summed E-state index contributed by atoms with van der Waals surface area (Å²) >= 11 is 0. The molecule has 1 aliphatic rings. The summed E-state index contributed by atoms with van der Waals surface area (Å²) in [6.07, 6.45) is -0.121. The summed E-state index contributed by atoms with van der Waals surface area (Å²) in [5.41, 5.74) is 1.50. The molecule has 0 spiro atoms. The van der Waals surface area contributed by atoms with Crippen LogP contribution in [0.15, 0.2) is 54.2 Å². The molecule has 0 bridgehead atoms. The number of imide groups is 1. The highest BCUT2D eigenvalue weighted by Gasteiger charge is 2.42. The quantitative estimate of drug-likeness (QED) is 0.674. The number of methoxy groups -OCH3 is 1. The average Bonchev–Trinajstić information content (AvgIpc) is 2.98. The SMILES string of the molecule is COc1ccc(C2=C(N(C)CCO)C(=O)N(c3ccccc3OC(C)C)C2=O)cc1. The van der Waals surface area contributed by atoms with E-state index in [2.05, 4.69) is 0 Å². The number of rotatable bonds is 8. The standard InChI is InChI=1S/C23H26N2O5/c1-15(2)30-19-8-6-5-7-18(19)25-22(27)20(16-9-11-17(29-4)12-10-16)21(23(25)28)24(3)13-14-26/h5-12,15,26H,13-14H2,1-4H3. The van der Waals surface area contributed by atoms with Crippen LogP contribution in [0.25, 0.3) is 5.57 Å². The van der Waals surface area contributed by atoms with Crippen LogP contribution < -0.4 is 14.4 Å². The number of aliphatic hydroxyl groups excluding tert-OH is 1. The summed E-state index contributed by atoms with van der Waals surface area (Å²) in [5.74, 6) is 0.203. The number of amides is 2. The van der Waals surface area contributed by atoms with E-state index in [-0.39, 0.29) is 30.5 Å². The van der Waals surface area contributed by atoms with E-state index in [9.17, 15) is 14.7 Å². The zero-order valence-electron chi connectivity index (χ0n) is 17.6. The van der Waals surface area contributed by atoms with Crippen LogP contribution in [0, 0.1) is 0 Å². The number of nitrogens with zero attached hydrogens (tertiary/aromatic N) is 2. The molecular formula is C23H26N2O5. The van der Waals surface area contributed by atoms with Gasteiger partial charge in [0.25, 0.3) is 11.8 Å². The van der Waals surface area contributed by atoms with Crippen molar-refractivity contribution in [2.24, 2.45) is 0 Å². The molecule has 0 aromatic heterocycles. The monoisotopic (exact) mass is 410 g/mol. The van der Waals surface area contributed by atoms with E-state index in [0.29, 0.717) is 22.7 Å². The lowest BCUT2D eigenvalue weighted by atomic mass is 10.0. The second-order valence-electron chi connectivity index (χ2n) is 7.18. The molecule has 1 heterocycles. The summed E-state index contributed by atoms with van der Waals surface area (Å²) in [7, 11) is 3.24. The second kappa shape index (κ2) is 9.00. The molecule has 0 saturated carbocycles. The minimum Gasteiger partial charge on any atom is -0.497 e. The van der Waals surface area contributed by atoms with Crippen LogP contribution >= 0.6 is 0 Å². The number of carbonyl (C=O) groups is 2. The Morgan fingerprint density at radius 3 is 2.30 bits per heavy atom. The van der Waals surface area contributed by atoms with Gasteiger partial charge in [-0.3, -0.25) is 9.59 Å². The van der Waals surface area contributed by atoms with Gasteiger partial charge in [0.15, 0.2) is 0 Å². The fourth-order valence-electron chi connectivity index (χ4n) is 3.37. The number of hydrogen-bond donors (Lipinski definition) is 1. The molecule has 1 aliphatic heterocycles. The van der Waals surface area contributed by atoms with Crippen LogP contribution in [0.5, 0.6) is 11.5 Å². The van der Waals surface area contributed by atoms with E-state index in [1.54, 1.807) is 67.6 Å². The highest BCUT2D eigenvalue weighted by Crippen LogP contribution is 2.38. The maximum absolute atomic E-state index is 13.5. The maximum atomic E-state index is 13.5. The molecule has 0 fully saturated rings. The van der Waals surface area contributed by atoms with Crippen LogP contribution in [0.1, 0.15) is 19.4 Å². The number of benzene rings is 2. The fraction of sp³-hybridized carbons (Fsp3) is 0.304. The van der Waals surface area contributed by atoms with Gasteiger partial charge in [0.05, 0.1) is 31.1 Å². The summed E-state index contributed by atoms with van der Waals surface area (Å²) < 4.78 is 11.0. The van der Waals surface area contributed by atoms with Gasteiger partial charge in [-0.25, -0.2) is 4.90 Å². The molecule has 0 atom stereocenters. The fourth-order valence-corrected chi connectivity index (χ4v) is 3.37. The summed E-state index contributed by atoms with van der Waals surface area (Å²) in [6, 6.07) is 13.9. The van der Waals surface area contributed by atoms with Gasteiger partial charge in [-0.2, -0.15) is 0 Å². The third kappa shape index (κ3) is 4.02. The van der Waals surface area contributed by atoms with Gasteiger partial charge in [0.2, 0.25) is 0 Å². The molecule has 7 heteroatoms. The minimum absolute atomic E-state index is 0.121. The van der Waals surface area contributed by atoms with Gasteiger partial charge in [-0.1, -0.05) is 24.3 Å². The van der Waals surface area contributed by atoms with Gasteiger partial charge in [-0.05, 0) is 43.7 Å². The van der Waals surface area contributed by atoms with Crippen molar-refractivity contribution >= 4 is 23.1 Å². The van der Waals surface area contributed by atoms with E-state index in [0.717, 1.165) is 4.90 Å². The Morgan fingerprint density at radius 1 is 1.03 bits per heavy atom. The van der Waals surface area contributed by atoms with Crippen molar-refractivity contribution < 1.29 is 24.2 Å². The maximum Gasteiger partial charge on any atom is 0.282 e. The van der Waals surface area contributed by atoms with Gasteiger partial charge in [0, 0.05) is 13.6 Å².